The van der Waals surface area contributed by atoms with Gasteiger partial charge in [-0.15, -0.1) is 0 Å². The third-order valence-electron chi connectivity index (χ3n) is 5.45. The minimum Gasteiger partial charge on any atom is -0.493 e. The van der Waals surface area contributed by atoms with Crippen molar-refractivity contribution < 1.29 is 14.3 Å². The van der Waals surface area contributed by atoms with Crippen LogP contribution in [0.5, 0.6) is 5.75 Å². The van der Waals surface area contributed by atoms with E-state index in [2.05, 4.69) is 16.4 Å². The predicted octanol–water partition coefficient (Wildman–Crippen LogP) is 2.67. The van der Waals surface area contributed by atoms with Gasteiger partial charge in [0.15, 0.2) is 0 Å². The molecular formula is C22H25N3O3. The molecule has 1 aromatic carbocycles. The lowest BCUT2D eigenvalue weighted by atomic mass is 9.97. The summed E-state index contributed by atoms with van der Waals surface area (Å²) in [4.78, 5) is 30.4. The predicted molar refractivity (Wildman–Crippen MR) is 106 cm³/mol. The van der Waals surface area contributed by atoms with Crippen molar-refractivity contribution in [3.63, 3.8) is 0 Å². The molecule has 1 atom stereocenters. The molecule has 2 aliphatic heterocycles. The molecule has 2 aromatic rings. The van der Waals surface area contributed by atoms with Gasteiger partial charge in [0.25, 0.3) is 5.91 Å². The van der Waals surface area contributed by atoms with Gasteiger partial charge in [0, 0.05) is 50.9 Å². The van der Waals surface area contributed by atoms with Gasteiger partial charge < -0.3 is 15.0 Å². The number of carbonyl (C=O) groups is 2. The van der Waals surface area contributed by atoms with E-state index in [9.17, 15) is 9.59 Å². The van der Waals surface area contributed by atoms with E-state index in [4.69, 9.17) is 4.74 Å². The second kappa shape index (κ2) is 8.00. The van der Waals surface area contributed by atoms with Crippen molar-refractivity contribution in [1.82, 2.24) is 15.2 Å². The first-order valence-electron chi connectivity index (χ1n) is 9.85. The molecule has 28 heavy (non-hydrogen) atoms. The molecular weight excluding hydrogens is 354 g/mol. The number of carbonyl (C=O) groups excluding carboxylic acids is 2. The van der Waals surface area contributed by atoms with Crippen LogP contribution in [0.15, 0.2) is 36.7 Å². The zero-order valence-electron chi connectivity index (χ0n) is 16.1. The molecule has 1 N–H and O–H groups in total. The number of nitrogens with zero attached hydrogens (tertiary/aromatic N) is 2. The van der Waals surface area contributed by atoms with Gasteiger partial charge in [0.1, 0.15) is 5.75 Å². The van der Waals surface area contributed by atoms with Crippen molar-refractivity contribution in [3.8, 4) is 16.9 Å². The lowest BCUT2D eigenvalue weighted by molar-refractivity contribution is -0.119. The van der Waals surface area contributed by atoms with E-state index >= 15 is 0 Å². The fraction of sp³-hybridized carbons (Fsp3) is 0.409. The second-order valence-electron chi connectivity index (χ2n) is 7.58. The van der Waals surface area contributed by atoms with Gasteiger partial charge >= 0.3 is 0 Å². The van der Waals surface area contributed by atoms with Crippen molar-refractivity contribution in [2.24, 2.45) is 5.92 Å². The van der Waals surface area contributed by atoms with Crippen LogP contribution >= 0.6 is 0 Å². The number of pyridine rings is 1. The van der Waals surface area contributed by atoms with E-state index in [1.165, 1.54) is 12.5 Å². The molecule has 0 saturated carbocycles. The number of likely N-dealkylation sites (tertiary alicyclic amines) is 1. The molecule has 2 aliphatic rings. The molecule has 4 rings (SSSR count). The number of aromatic nitrogens is 1. The van der Waals surface area contributed by atoms with Crippen LogP contribution in [0.4, 0.5) is 0 Å². The van der Waals surface area contributed by atoms with Crippen LogP contribution in [0.3, 0.4) is 0 Å². The number of rotatable bonds is 4. The average Bonchev–Trinajstić information content (AvgIpc) is 3.20. The first-order valence-corrected chi connectivity index (χ1v) is 9.85. The van der Waals surface area contributed by atoms with E-state index in [-0.39, 0.29) is 11.8 Å². The van der Waals surface area contributed by atoms with E-state index in [0.29, 0.717) is 24.6 Å². The van der Waals surface area contributed by atoms with Gasteiger partial charge in [-0.05, 0) is 48.1 Å². The zero-order chi connectivity index (χ0) is 19.5. The van der Waals surface area contributed by atoms with Gasteiger partial charge in [-0.25, -0.2) is 0 Å². The van der Waals surface area contributed by atoms with Crippen molar-refractivity contribution in [1.29, 1.82) is 0 Å². The van der Waals surface area contributed by atoms with E-state index in [0.717, 1.165) is 49.3 Å². The summed E-state index contributed by atoms with van der Waals surface area (Å²) in [5.41, 5.74) is 3.79. The monoisotopic (exact) mass is 379 g/mol. The summed E-state index contributed by atoms with van der Waals surface area (Å²) < 4.78 is 5.57. The number of ether oxygens (including phenoxy) is 1. The SMILES string of the molecule is CC(=O)NCC1CCCN(C(=O)c2cncc(-c3ccc4c(c3)CCO4)c2)C1. The Labute approximate surface area is 164 Å². The standard InChI is InChI=1S/C22H25N3O3/c1-15(26)24-11-16-3-2-7-25(14-16)22(27)20-10-19(12-23-13-20)17-4-5-21-18(9-17)6-8-28-21/h4-5,9-10,12-13,16H,2-3,6-8,11,14H2,1H3,(H,24,26). The molecule has 6 heteroatoms. The van der Waals surface area contributed by atoms with Gasteiger partial charge in [0.2, 0.25) is 5.91 Å². The highest BCUT2D eigenvalue weighted by atomic mass is 16.5. The highest BCUT2D eigenvalue weighted by Gasteiger charge is 2.25. The van der Waals surface area contributed by atoms with Crippen LogP contribution in [0.1, 0.15) is 35.7 Å². The van der Waals surface area contributed by atoms with Crippen molar-refractivity contribution in [2.75, 3.05) is 26.2 Å². The van der Waals surface area contributed by atoms with Crippen LogP contribution in [0.25, 0.3) is 11.1 Å². The number of benzene rings is 1. The Kier molecular flexibility index (Phi) is 5.28. The molecule has 1 aromatic heterocycles. The van der Waals surface area contributed by atoms with E-state index in [1.807, 2.05) is 23.1 Å². The number of hydrogen-bond acceptors (Lipinski definition) is 4. The van der Waals surface area contributed by atoms with E-state index < -0.39 is 0 Å². The van der Waals surface area contributed by atoms with Crippen LogP contribution in [-0.4, -0.2) is 47.9 Å². The molecule has 1 unspecified atom stereocenters. The minimum absolute atomic E-state index is 0.00590. The Bertz CT molecular complexity index is 896. The average molecular weight is 379 g/mol. The molecule has 6 nitrogen and oxygen atoms in total. The van der Waals surface area contributed by atoms with Gasteiger partial charge in [-0.2, -0.15) is 0 Å². The smallest absolute Gasteiger partial charge is 0.255 e. The van der Waals surface area contributed by atoms with Crippen molar-refractivity contribution in [2.45, 2.75) is 26.2 Å². The molecule has 1 fully saturated rings. The maximum atomic E-state index is 13.0. The third-order valence-corrected chi connectivity index (χ3v) is 5.45. The zero-order valence-corrected chi connectivity index (χ0v) is 16.1. The summed E-state index contributed by atoms with van der Waals surface area (Å²) in [6, 6.07) is 8.05. The summed E-state index contributed by atoms with van der Waals surface area (Å²) in [7, 11) is 0. The van der Waals surface area contributed by atoms with Gasteiger partial charge in [0.05, 0.1) is 12.2 Å². The maximum absolute atomic E-state index is 13.0. The summed E-state index contributed by atoms with van der Waals surface area (Å²) in [6.45, 7) is 4.28. The number of piperidine rings is 1. The summed E-state index contributed by atoms with van der Waals surface area (Å²) in [5, 5.41) is 2.87. The fourth-order valence-electron chi connectivity index (χ4n) is 3.97. The topological polar surface area (TPSA) is 71.5 Å². The number of nitrogens with one attached hydrogen (secondary N) is 1. The molecule has 3 heterocycles. The number of hydrogen-bond donors (Lipinski definition) is 1. The minimum atomic E-state index is -0.0277. The van der Waals surface area contributed by atoms with Gasteiger partial charge in [-0.1, -0.05) is 6.07 Å². The van der Waals surface area contributed by atoms with E-state index in [1.54, 1.807) is 12.4 Å². The third kappa shape index (κ3) is 4.01. The molecule has 0 spiro atoms. The summed E-state index contributed by atoms with van der Waals surface area (Å²) in [6.07, 6.45) is 6.33. The van der Waals surface area contributed by atoms with Crippen LogP contribution in [0, 0.1) is 5.92 Å². The van der Waals surface area contributed by atoms with Crippen LogP contribution < -0.4 is 10.1 Å². The Hall–Kier alpha value is -2.89. The van der Waals surface area contributed by atoms with Gasteiger partial charge in [-0.3, -0.25) is 14.6 Å². The summed E-state index contributed by atoms with van der Waals surface area (Å²) >= 11 is 0. The summed E-state index contributed by atoms with van der Waals surface area (Å²) in [5.74, 6) is 1.23. The highest BCUT2D eigenvalue weighted by Crippen LogP contribution is 2.30. The van der Waals surface area contributed by atoms with Crippen LogP contribution in [0.2, 0.25) is 0 Å². The largest absolute Gasteiger partial charge is 0.493 e. The Morgan fingerprint density at radius 2 is 2.14 bits per heavy atom. The Morgan fingerprint density at radius 1 is 1.25 bits per heavy atom. The molecule has 0 bridgehead atoms. The normalized spacial score (nSPS) is 18.3. The Balaban J connectivity index is 1.49. The lowest BCUT2D eigenvalue weighted by Gasteiger charge is -2.32. The maximum Gasteiger partial charge on any atom is 0.255 e. The van der Waals surface area contributed by atoms with Crippen LogP contribution in [-0.2, 0) is 11.2 Å². The molecule has 1 saturated heterocycles. The molecule has 0 aliphatic carbocycles. The molecule has 0 radical (unpaired) electrons. The second-order valence-corrected chi connectivity index (χ2v) is 7.58. The number of fused-ring (bicyclic) bond motifs is 1. The number of amides is 2. The van der Waals surface area contributed by atoms with Crippen molar-refractivity contribution in [3.05, 3.63) is 47.8 Å². The lowest BCUT2D eigenvalue weighted by Crippen LogP contribution is -2.43. The molecule has 146 valence electrons. The molecule has 2 amide bonds. The fourth-order valence-corrected chi connectivity index (χ4v) is 3.97. The quantitative estimate of drug-likeness (QED) is 0.887. The first kappa shape index (κ1) is 18.5. The van der Waals surface area contributed by atoms with Crippen molar-refractivity contribution >= 4 is 11.8 Å². The Morgan fingerprint density at radius 3 is 3.00 bits per heavy atom. The first-order chi connectivity index (χ1) is 13.6. The highest BCUT2D eigenvalue weighted by molar-refractivity contribution is 5.95.